The lowest BCUT2D eigenvalue weighted by molar-refractivity contribution is -0.120. The summed E-state index contributed by atoms with van der Waals surface area (Å²) in [5, 5.41) is 11.7. The maximum Gasteiger partial charge on any atom is 0.250 e. The molecule has 1 amide bonds. The molecule has 1 aromatic rings. The van der Waals surface area contributed by atoms with Gasteiger partial charge in [-0.25, -0.2) is 0 Å². The van der Waals surface area contributed by atoms with Crippen LogP contribution in [0, 0.1) is 11.3 Å². The van der Waals surface area contributed by atoms with E-state index in [0.717, 1.165) is 5.56 Å². The molecule has 1 rings (SSSR count). The molecule has 102 valence electrons. The van der Waals surface area contributed by atoms with Crippen LogP contribution in [-0.2, 0) is 14.9 Å². The minimum Gasteiger partial charge on any atom is -0.370 e. The highest BCUT2D eigenvalue weighted by atomic mass is 16.5. The summed E-state index contributed by atoms with van der Waals surface area (Å²) in [6, 6.07) is 9.44. The van der Waals surface area contributed by atoms with Crippen molar-refractivity contribution in [2.24, 2.45) is 5.73 Å². The molecule has 0 fully saturated rings. The number of benzene rings is 1. The van der Waals surface area contributed by atoms with Crippen molar-refractivity contribution in [3.63, 3.8) is 0 Å². The Morgan fingerprint density at radius 2 is 2.05 bits per heavy atom. The number of hydrogen-bond donors (Lipinski definition) is 2. The molecule has 0 aromatic heterocycles. The van der Waals surface area contributed by atoms with Crippen molar-refractivity contribution in [2.75, 3.05) is 25.1 Å². The van der Waals surface area contributed by atoms with Gasteiger partial charge in [0, 0.05) is 12.2 Å². The molecular weight excluding hydrogens is 242 g/mol. The Morgan fingerprint density at radius 1 is 1.42 bits per heavy atom. The average molecular weight is 261 g/mol. The van der Waals surface area contributed by atoms with E-state index in [9.17, 15) is 4.79 Å². The molecule has 0 bridgehead atoms. The first-order valence-electron chi connectivity index (χ1n) is 6.09. The van der Waals surface area contributed by atoms with Gasteiger partial charge < -0.3 is 15.8 Å². The van der Waals surface area contributed by atoms with Crippen molar-refractivity contribution >= 4 is 11.6 Å². The Bertz CT molecular complexity index is 461. The summed E-state index contributed by atoms with van der Waals surface area (Å²) in [7, 11) is 0. The van der Waals surface area contributed by atoms with E-state index in [1.807, 2.05) is 26.0 Å². The highest BCUT2D eigenvalue weighted by Crippen LogP contribution is 2.23. The first-order chi connectivity index (χ1) is 8.99. The molecule has 0 aliphatic carbocycles. The molecule has 0 aliphatic heterocycles. The molecular formula is C14H19N3O2. The number of nitrogens with one attached hydrogen (secondary N) is 1. The van der Waals surface area contributed by atoms with E-state index in [4.69, 9.17) is 15.7 Å². The molecule has 0 atom stereocenters. The number of nitriles is 1. The Balaban J connectivity index is 2.58. The molecule has 5 nitrogen and oxygen atoms in total. The topological polar surface area (TPSA) is 88.1 Å². The molecule has 0 saturated carbocycles. The number of nitrogens with two attached hydrogens (primary N) is 1. The quantitative estimate of drug-likeness (QED) is 0.758. The van der Waals surface area contributed by atoms with Crippen molar-refractivity contribution in [1.82, 2.24) is 0 Å². The van der Waals surface area contributed by atoms with Gasteiger partial charge in [0.2, 0.25) is 5.91 Å². The normalized spacial score (nSPS) is 10.8. The summed E-state index contributed by atoms with van der Waals surface area (Å²) in [6.07, 6.45) is 0. The predicted molar refractivity (Wildman–Crippen MR) is 73.6 cm³/mol. The second-order valence-corrected chi connectivity index (χ2v) is 4.70. The summed E-state index contributed by atoms with van der Waals surface area (Å²) in [5.41, 5.74) is 6.31. The number of amides is 1. The van der Waals surface area contributed by atoms with Crippen molar-refractivity contribution in [2.45, 2.75) is 19.3 Å². The zero-order valence-electron chi connectivity index (χ0n) is 11.3. The molecule has 0 aliphatic rings. The Labute approximate surface area is 113 Å². The third-order valence-corrected chi connectivity index (χ3v) is 2.67. The van der Waals surface area contributed by atoms with Crippen molar-refractivity contribution in [1.29, 1.82) is 5.26 Å². The second kappa shape index (κ2) is 6.88. The third-order valence-electron chi connectivity index (χ3n) is 2.67. The first-order valence-corrected chi connectivity index (χ1v) is 6.09. The van der Waals surface area contributed by atoms with Gasteiger partial charge in [-0.15, -0.1) is 0 Å². The minimum atomic E-state index is -0.535. The van der Waals surface area contributed by atoms with Gasteiger partial charge in [-0.05, 0) is 31.5 Å². The van der Waals surface area contributed by atoms with Crippen LogP contribution in [0.1, 0.15) is 19.4 Å². The lowest BCUT2D eigenvalue weighted by atomic mass is 9.86. The summed E-state index contributed by atoms with van der Waals surface area (Å²) in [4.78, 5) is 11.5. The van der Waals surface area contributed by atoms with Crippen LogP contribution < -0.4 is 11.1 Å². The molecule has 19 heavy (non-hydrogen) atoms. The molecule has 0 saturated heterocycles. The summed E-state index contributed by atoms with van der Waals surface area (Å²) in [5.74, 6) is -0.222. The largest absolute Gasteiger partial charge is 0.370 e. The number of hydrogen-bond acceptors (Lipinski definition) is 4. The van der Waals surface area contributed by atoms with E-state index in [2.05, 4.69) is 11.4 Å². The molecule has 0 spiro atoms. The molecule has 1 aromatic carbocycles. The zero-order chi connectivity index (χ0) is 14.3. The summed E-state index contributed by atoms with van der Waals surface area (Å²) < 4.78 is 5.03. The smallest absolute Gasteiger partial charge is 0.250 e. The highest BCUT2D eigenvalue weighted by molar-refractivity contribution is 5.91. The van der Waals surface area contributed by atoms with E-state index in [-0.39, 0.29) is 12.5 Å². The highest BCUT2D eigenvalue weighted by Gasteiger charge is 2.19. The maximum atomic E-state index is 11.5. The predicted octanol–water partition coefficient (Wildman–Crippen LogP) is 1.40. The van der Waals surface area contributed by atoms with Crippen LogP contribution in [0.3, 0.4) is 0 Å². The van der Waals surface area contributed by atoms with Gasteiger partial charge in [0.25, 0.3) is 0 Å². The number of ether oxygens (including phenoxy) is 1. The van der Waals surface area contributed by atoms with Crippen LogP contribution in [0.2, 0.25) is 0 Å². The van der Waals surface area contributed by atoms with Gasteiger partial charge in [0.15, 0.2) is 0 Å². The van der Waals surface area contributed by atoms with Crippen LogP contribution >= 0.6 is 0 Å². The van der Waals surface area contributed by atoms with Gasteiger partial charge in [-0.2, -0.15) is 5.26 Å². The van der Waals surface area contributed by atoms with Crippen molar-refractivity contribution < 1.29 is 9.53 Å². The molecule has 0 heterocycles. The van der Waals surface area contributed by atoms with Gasteiger partial charge in [-0.1, -0.05) is 12.1 Å². The fraction of sp³-hybridized carbons (Fsp3) is 0.429. The zero-order valence-corrected chi connectivity index (χ0v) is 11.3. The number of rotatable bonds is 6. The SMILES string of the molecule is CC(C)(C#N)c1ccc(NC(=O)COCCN)cc1. The molecule has 0 unspecified atom stereocenters. The van der Waals surface area contributed by atoms with Crippen LogP contribution in [0.4, 0.5) is 5.69 Å². The van der Waals surface area contributed by atoms with Crippen LogP contribution in [-0.4, -0.2) is 25.7 Å². The number of carbonyl (C=O) groups excluding carboxylic acids is 1. The Kier molecular flexibility index (Phi) is 5.49. The number of nitrogens with zero attached hydrogens (tertiary/aromatic N) is 1. The monoisotopic (exact) mass is 261 g/mol. The Morgan fingerprint density at radius 3 is 2.58 bits per heavy atom. The molecule has 3 N–H and O–H groups in total. The van der Waals surface area contributed by atoms with E-state index in [0.29, 0.717) is 18.8 Å². The standard InChI is InChI=1S/C14H19N3O2/c1-14(2,10-16)11-3-5-12(6-4-11)17-13(18)9-19-8-7-15/h3-6H,7-9,15H2,1-2H3,(H,17,18). The van der Waals surface area contributed by atoms with Crippen molar-refractivity contribution in [3.05, 3.63) is 29.8 Å². The van der Waals surface area contributed by atoms with E-state index in [1.165, 1.54) is 0 Å². The van der Waals surface area contributed by atoms with Crippen LogP contribution in [0.25, 0.3) is 0 Å². The average Bonchev–Trinajstić information content (AvgIpc) is 2.39. The lowest BCUT2D eigenvalue weighted by Crippen LogP contribution is -2.21. The fourth-order valence-electron chi connectivity index (χ4n) is 1.48. The van der Waals surface area contributed by atoms with Crippen LogP contribution in [0.5, 0.6) is 0 Å². The maximum absolute atomic E-state index is 11.5. The second-order valence-electron chi connectivity index (χ2n) is 4.70. The van der Waals surface area contributed by atoms with E-state index < -0.39 is 5.41 Å². The van der Waals surface area contributed by atoms with Gasteiger partial charge in [-0.3, -0.25) is 4.79 Å². The number of carbonyl (C=O) groups is 1. The first kappa shape index (κ1) is 15.2. The van der Waals surface area contributed by atoms with Gasteiger partial charge >= 0.3 is 0 Å². The molecule has 5 heteroatoms. The van der Waals surface area contributed by atoms with E-state index in [1.54, 1.807) is 12.1 Å². The van der Waals surface area contributed by atoms with E-state index >= 15 is 0 Å². The molecule has 0 radical (unpaired) electrons. The minimum absolute atomic E-state index is 0.0113. The van der Waals surface area contributed by atoms with Gasteiger partial charge in [0.1, 0.15) is 6.61 Å². The number of anilines is 1. The summed E-state index contributed by atoms with van der Waals surface area (Å²) in [6.45, 7) is 4.44. The van der Waals surface area contributed by atoms with Gasteiger partial charge in [0.05, 0.1) is 18.1 Å². The van der Waals surface area contributed by atoms with Crippen LogP contribution in [0.15, 0.2) is 24.3 Å². The van der Waals surface area contributed by atoms with Crippen molar-refractivity contribution in [3.8, 4) is 6.07 Å². The lowest BCUT2D eigenvalue weighted by Gasteiger charge is -2.16. The summed E-state index contributed by atoms with van der Waals surface area (Å²) >= 11 is 0. The Hall–Kier alpha value is -1.90. The fourth-order valence-corrected chi connectivity index (χ4v) is 1.48. The third kappa shape index (κ3) is 4.70.